The van der Waals surface area contributed by atoms with Crippen LogP contribution in [0.15, 0.2) is 12.1 Å². The molecule has 1 rings (SSSR count). The van der Waals surface area contributed by atoms with Gasteiger partial charge in [0.1, 0.15) is 0 Å². The average molecular weight is 199 g/mol. The van der Waals surface area contributed by atoms with Crippen molar-refractivity contribution >= 4 is 11.6 Å². The molecule has 0 heterocycles. The molecule has 0 saturated carbocycles. The van der Waals surface area contributed by atoms with E-state index in [9.17, 15) is 17.6 Å². The van der Waals surface area contributed by atoms with Crippen molar-refractivity contribution in [2.45, 2.75) is 6.43 Å². The van der Waals surface area contributed by atoms with Crippen molar-refractivity contribution in [3.63, 3.8) is 0 Å². The molecule has 0 radical (unpaired) electrons. The topological polar surface area (TPSA) is 0 Å². The van der Waals surface area contributed by atoms with Crippen molar-refractivity contribution in [3.05, 3.63) is 34.4 Å². The molecule has 1 aromatic carbocycles. The molecule has 5 heteroatoms. The Hall–Kier alpha value is -0.770. The van der Waals surface area contributed by atoms with Crippen molar-refractivity contribution in [2.75, 3.05) is 0 Å². The Morgan fingerprint density at radius 3 is 2.25 bits per heavy atom. The van der Waals surface area contributed by atoms with Gasteiger partial charge in [0, 0.05) is 5.02 Å². The number of hydrogen-bond acceptors (Lipinski definition) is 0. The zero-order valence-corrected chi connectivity index (χ0v) is 6.38. The molecular weight excluding hydrogens is 196 g/mol. The highest BCUT2D eigenvalue weighted by atomic mass is 35.5. The standard InChI is InChI=1S/C7H3ClF4/c8-3-1-4(7(11)12)6(10)5(9)2-3/h1-2,7H. The summed E-state index contributed by atoms with van der Waals surface area (Å²) < 4.78 is 48.8. The maximum atomic E-state index is 12.5. The molecule has 66 valence electrons. The summed E-state index contributed by atoms with van der Waals surface area (Å²) in [6.07, 6.45) is -3.06. The lowest BCUT2D eigenvalue weighted by Gasteiger charge is -2.02. The first-order valence-corrected chi connectivity index (χ1v) is 3.32. The predicted molar refractivity (Wildman–Crippen MR) is 36.3 cm³/mol. The number of benzene rings is 1. The van der Waals surface area contributed by atoms with Crippen molar-refractivity contribution in [3.8, 4) is 0 Å². The Labute approximate surface area is 70.8 Å². The highest BCUT2D eigenvalue weighted by Gasteiger charge is 2.17. The van der Waals surface area contributed by atoms with Gasteiger partial charge < -0.3 is 0 Å². The summed E-state index contributed by atoms with van der Waals surface area (Å²) in [5.41, 5.74) is -1.01. The van der Waals surface area contributed by atoms with Crippen LogP contribution in [-0.4, -0.2) is 0 Å². The maximum absolute atomic E-state index is 12.5. The molecule has 0 saturated heterocycles. The van der Waals surface area contributed by atoms with Gasteiger partial charge in [-0.1, -0.05) is 11.6 Å². The number of halogens is 5. The quantitative estimate of drug-likeness (QED) is 0.478. The summed E-state index contributed by atoms with van der Waals surface area (Å²) in [5.74, 6) is -2.91. The van der Waals surface area contributed by atoms with E-state index in [0.29, 0.717) is 12.1 Å². The lowest BCUT2D eigenvalue weighted by atomic mass is 10.2. The first-order chi connectivity index (χ1) is 5.52. The van der Waals surface area contributed by atoms with Crippen LogP contribution in [0.3, 0.4) is 0 Å². The van der Waals surface area contributed by atoms with Crippen molar-refractivity contribution in [1.82, 2.24) is 0 Å². The smallest absolute Gasteiger partial charge is 0.205 e. The first-order valence-electron chi connectivity index (χ1n) is 2.95. The molecule has 0 aliphatic carbocycles. The van der Waals surface area contributed by atoms with Gasteiger partial charge >= 0.3 is 0 Å². The summed E-state index contributed by atoms with van der Waals surface area (Å²) >= 11 is 5.23. The normalized spacial score (nSPS) is 10.8. The number of hydrogen-bond donors (Lipinski definition) is 0. The van der Waals surface area contributed by atoms with Crippen LogP contribution in [0.2, 0.25) is 5.02 Å². The van der Waals surface area contributed by atoms with Gasteiger partial charge in [0.25, 0.3) is 6.43 Å². The van der Waals surface area contributed by atoms with E-state index in [-0.39, 0.29) is 5.02 Å². The molecule has 0 fully saturated rings. The van der Waals surface area contributed by atoms with Crippen LogP contribution < -0.4 is 0 Å². The van der Waals surface area contributed by atoms with Crippen LogP contribution in [0, 0.1) is 11.6 Å². The van der Waals surface area contributed by atoms with E-state index < -0.39 is 23.6 Å². The van der Waals surface area contributed by atoms with E-state index in [2.05, 4.69) is 0 Å². The van der Waals surface area contributed by atoms with Crippen LogP contribution in [-0.2, 0) is 0 Å². The minimum absolute atomic E-state index is 0.246. The van der Waals surface area contributed by atoms with Gasteiger partial charge in [-0.05, 0) is 12.1 Å². The third-order valence-corrected chi connectivity index (χ3v) is 1.47. The molecule has 0 atom stereocenters. The molecule has 0 aromatic heterocycles. The lowest BCUT2D eigenvalue weighted by Crippen LogP contribution is -1.94. The Morgan fingerprint density at radius 2 is 1.75 bits per heavy atom. The van der Waals surface area contributed by atoms with Gasteiger partial charge in [-0.2, -0.15) is 0 Å². The van der Waals surface area contributed by atoms with Gasteiger partial charge in [-0.15, -0.1) is 0 Å². The molecule has 0 N–H and O–H groups in total. The third kappa shape index (κ3) is 1.69. The van der Waals surface area contributed by atoms with E-state index in [0.717, 1.165) is 0 Å². The van der Waals surface area contributed by atoms with Crippen molar-refractivity contribution in [2.24, 2.45) is 0 Å². The summed E-state index contributed by atoms with van der Waals surface area (Å²) in [7, 11) is 0. The second kappa shape index (κ2) is 3.31. The summed E-state index contributed by atoms with van der Waals surface area (Å²) in [5, 5.41) is -0.246. The summed E-state index contributed by atoms with van der Waals surface area (Å²) in [6.45, 7) is 0. The molecule has 0 spiro atoms. The zero-order valence-electron chi connectivity index (χ0n) is 5.62. The van der Waals surface area contributed by atoms with E-state index >= 15 is 0 Å². The van der Waals surface area contributed by atoms with E-state index in [1.165, 1.54) is 0 Å². The van der Waals surface area contributed by atoms with Crippen LogP contribution in [0.1, 0.15) is 12.0 Å². The van der Waals surface area contributed by atoms with E-state index in [1.54, 1.807) is 0 Å². The van der Waals surface area contributed by atoms with E-state index in [1.807, 2.05) is 0 Å². The zero-order chi connectivity index (χ0) is 9.30. The van der Waals surface area contributed by atoms with Crippen molar-refractivity contribution < 1.29 is 17.6 Å². The minimum Gasteiger partial charge on any atom is -0.205 e. The van der Waals surface area contributed by atoms with Crippen LogP contribution >= 0.6 is 11.6 Å². The first kappa shape index (κ1) is 9.32. The Morgan fingerprint density at radius 1 is 1.17 bits per heavy atom. The molecule has 0 bridgehead atoms. The van der Waals surface area contributed by atoms with Crippen molar-refractivity contribution in [1.29, 1.82) is 0 Å². The van der Waals surface area contributed by atoms with E-state index in [4.69, 9.17) is 11.6 Å². The summed E-state index contributed by atoms with van der Waals surface area (Å²) in [4.78, 5) is 0. The van der Waals surface area contributed by atoms with Gasteiger partial charge in [-0.25, -0.2) is 17.6 Å². The molecule has 0 aliphatic heterocycles. The largest absolute Gasteiger partial charge is 0.266 e. The fraction of sp³-hybridized carbons (Fsp3) is 0.143. The van der Waals surface area contributed by atoms with Gasteiger partial charge in [-0.3, -0.25) is 0 Å². The van der Waals surface area contributed by atoms with Gasteiger partial charge in [0.2, 0.25) is 0 Å². The molecule has 0 nitrogen and oxygen atoms in total. The molecular formula is C7H3ClF4. The van der Waals surface area contributed by atoms with Gasteiger partial charge in [0.15, 0.2) is 11.6 Å². The fourth-order valence-corrected chi connectivity index (χ4v) is 0.948. The highest BCUT2D eigenvalue weighted by Crippen LogP contribution is 2.26. The molecule has 12 heavy (non-hydrogen) atoms. The summed E-state index contributed by atoms with van der Waals surface area (Å²) in [6, 6.07) is 1.34. The number of rotatable bonds is 1. The maximum Gasteiger partial charge on any atom is 0.266 e. The Balaban J connectivity index is 3.28. The fourth-order valence-electron chi connectivity index (χ4n) is 0.735. The molecule has 0 unspecified atom stereocenters. The third-order valence-electron chi connectivity index (χ3n) is 1.26. The second-order valence-electron chi connectivity index (χ2n) is 2.09. The SMILES string of the molecule is Fc1cc(Cl)cc(C(F)F)c1F. The monoisotopic (exact) mass is 198 g/mol. The van der Waals surface area contributed by atoms with Crippen LogP contribution in [0.5, 0.6) is 0 Å². The average Bonchev–Trinajstić information content (AvgIpc) is 1.96. The Bertz CT molecular complexity index is 298. The number of alkyl halides is 2. The highest BCUT2D eigenvalue weighted by molar-refractivity contribution is 6.30. The predicted octanol–water partition coefficient (Wildman–Crippen LogP) is 3.56. The molecule has 1 aromatic rings. The van der Waals surface area contributed by atoms with Gasteiger partial charge in [0.05, 0.1) is 5.56 Å². The Kier molecular flexibility index (Phi) is 2.57. The van der Waals surface area contributed by atoms with Crippen LogP contribution in [0.4, 0.5) is 17.6 Å². The van der Waals surface area contributed by atoms with Crippen LogP contribution in [0.25, 0.3) is 0 Å². The molecule has 0 amide bonds. The lowest BCUT2D eigenvalue weighted by molar-refractivity contribution is 0.145. The minimum atomic E-state index is -3.06. The second-order valence-corrected chi connectivity index (χ2v) is 2.53. The molecule has 0 aliphatic rings.